The molecule has 8 nitrogen and oxygen atoms in total. The van der Waals surface area contributed by atoms with E-state index in [9.17, 15) is 14.9 Å². The molecule has 1 amide bonds. The molecule has 3 fully saturated rings. The van der Waals surface area contributed by atoms with Gasteiger partial charge in [0.25, 0.3) is 5.69 Å². The van der Waals surface area contributed by atoms with Crippen molar-refractivity contribution in [3.05, 3.63) is 34.4 Å². The second-order valence-electron chi connectivity index (χ2n) is 9.67. The van der Waals surface area contributed by atoms with Crippen LogP contribution in [-0.2, 0) is 4.74 Å². The minimum atomic E-state index is -0.444. The van der Waals surface area contributed by atoms with Gasteiger partial charge in [-0.15, -0.1) is 0 Å². The molecule has 1 aromatic carbocycles. The highest BCUT2D eigenvalue weighted by atomic mass is 16.6. The fourth-order valence-electron chi connectivity index (χ4n) is 4.76. The van der Waals surface area contributed by atoms with Crippen LogP contribution < -0.4 is 4.90 Å². The Balaban J connectivity index is 1.20. The molecule has 3 aliphatic rings. The van der Waals surface area contributed by atoms with Gasteiger partial charge in [-0.2, -0.15) is 0 Å². The lowest BCUT2D eigenvalue weighted by molar-refractivity contribution is -0.384. The first-order chi connectivity index (χ1) is 13.7. The van der Waals surface area contributed by atoms with Crippen molar-refractivity contribution in [3.8, 4) is 0 Å². The van der Waals surface area contributed by atoms with Crippen LogP contribution in [-0.4, -0.2) is 72.2 Å². The van der Waals surface area contributed by atoms with Crippen molar-refractivity contribution >= 4 is 17.5 Å². The Kier molecular flexibility index (Phi) is 5.14. The Morgan fingerprint density at radius 2 is 1.66 bits per heavy atom. The van der Waals surface area contributed by atoms with Crippen LogP contribution in [0.5, 0.6) is 0 Å². The molecule has 3 aliphatic heterocycles. The third-order valence-electron chi connectivity index (χ3n) is 6.11. The largest absolute Gasteiger partial charge is 0.444 e. The highest BCUT2D eigenvalue weighted by Crippen LogP contribution is 2.34. The van der Waals surface area contributed by atoms with Gasteiger partial charge in [-0.1, -0.05) is 0 Å². The number of rotatable bonds is 4. The predicted octanol–water partition coefficient (Wildman–Crippen LogP) is 2.83. The lowest BCUT2D eigenvalue weighted by atomic mass is 9.98. The van der Waals surface area contributed by atoms with Gasteiger partial charge in [0.1, 0.15) is 5.60 Å². The van der Waals surface area contributed by atoms with Gasteiger partial charge < -0.3 is 19.4 Å². The smallest absolute Gasteiger partial charge is 0.410 e. The number of hydrogen-bond acceptors (Lipinski definition) is 6. The number of fused-ring (bicyclic) bond motifs is 1. The molecule has 0 aromatic heterocycles. The molecule has 29 heavy (non-hydrogen) atoms. The zero-order valence-electron chi connectivity index (χ0n) is 17.4. The van der Waals surface area contributed by atoms with Gasteiger partial charge in [0.2, 0.25) is 0 Å². The standard InChI is InChI=1S/C21H30N4O4/c1-21(2,3)29-20(26)24-13-16-11-22(12-17(16)14-24)8-15-9-23(10-15)18-4-6-19(7-5-18)25(27)28/h4-7,15-17H,8-14H2,1-3H3. The highest BCUT2D eigenvalue weighted by Gasteiger charge is 2.43. The summed E-state index contributed by atoms with van der Waals surface area (Å²) in [6.07, 6.45) is -0.184. The summed E-state index contributed by atoms with van der Waals surface area (Å²) in [4.78, 5) is 29.4. The summed E-state index contributed by atoms with van der Waals surface area (Å²) < 4.78 is 5.51. The molecule has 2 unspecified atom stereocenters. The van der Waals surface area contributed by atoms with Crippen molar-refractivity contribution in [2.24, 2.45) is 17.8 Å². The number of carbonyl (C=O) groups is 1. The Bertz CT molecular complexity index is 756. The molecule has 0 aliphatic carbocycles. The van der Waals surface area contributed by atoms with E-state index < -0.39 is 5.60 Å². The zero-order chi connectivity index (χ0) is 20.8. The summed E-state index contributed by atoms with van der Waals surface area (Å²) in [6.45, 7) is 12.5. The Labute approximate surface area is 171 Å². The van der Waals surface area contributed by atoms with Crippen LogP contribution in [0.1, 0.15) is 20.8 Å². The summed E-state index contributed by atoms with van der Waals surface area (Å²) >= 11 is 0. The summed E-state index contributed by atoms with van der Waals surface area (Å²) in [5, 5.41) is 10.8. The molecule has 2 atom stereocenters. The van der Waals surface area contributed by atoms with Crippen LogP contribution in [0.2, 0.25) is 0 Å². The summed E-state index contributed by atoms with van der Waals surface area (Å²) in [6, 6.07) is 6.81. The lowest BCUT2D eigenvalue weighted by Crippen LogP contribution is -2.51. The molecule has 158 valence electrons. The second kappa shape index (κ2) is 7.48. The van der Waals surface area contributed by atoms with Gasteiger partial charge >= 0.3 is 6.09 Å². The SMILES string of the molecule is CC(C)(C)OC(=O)N1CC2CN(CC3CN(c4ccc([N+](=O)[O-])cc4)C3)CC2C1. The van der Waals surface area contributed by atoms with Crippen LogP contribution in [0.4, 0.5) is 16.2 Å². The maximum absolute atomic E-state index is 12.3. The molecule has 0 N–H and O–H groups in total. The Morgan fingerprint density at radius 1 is 1.07 bits per heavy atom. The molecular weight excluding hydrogens is 372 g/mol. The van der Waals surface area contributed by atoms with Crippen molar-refractivity contribution in [1.29, 1.82) is 0 Å². The molecular formula is C21H30N4O4. The lowest BCUT2D eigenvalue weighted by Gasteiger charge is -2.42. The van der Waals surface area contributed by atoms with E-state index in [2.05, 4.69) is 9.80 Å². The number of ether oxygens (including phenoxy) is 1. The van der Waals surface area contributed by atoms with Gasteiger partial charge in [0.05, 0.1) is 4.92 Å². The zero-order valence-corrected chi connectivity index (χ0v) is 17.4. The van der Waals surface area contributed by atoms with Crippen molar-refractivity contribution in [1.82, 2.24) is 9.80 Å². The molecule has 3 saturated heterocycles. The van der Waals surface area contributed by atoms with Crippen molar-refractivity contribution in [2.75, 3.05) is 50.7 Å². The van der Waals surface area contributed by atoms with E-state index in [1.165, 1.54) is 0 Å². The minimum Gasteiger partial charge on any atom is -0.444 e. The summed E-state index contributed by atoms with van der Waals surface area (Å²) in [7, 11) is 0. The third kappa shape index (κ3) is 4.47. The van der Waals surface area contributed by atoms with E-state index >= 15 is 0 Å². The van der Waals surface area contributed by atoms with Gasteiger partial charge in [-0.05, 0) is 44.7 Å². The quantitative estimate of drug-likeness (QED) is 0.569. The number of nitro benzene ring substituents is 1. The predicted molar refractivity (Wildman–Crippen MR) is 110 cm³/mol. The highest BCUT2D eigenvalue weighted by molar-refractivity contribution is 5.68. The van der Waals surface area contributed by atoms with Crippen LogP contribution >= 0.6 is 0 Å². The molecule has 3 heterocycles. The molecule has 0 spiro atoms. The molecule has 0 saturated carbocycles. The van der Waals surface area contributed by atoms with Crippen molar-refractivity contribution < 1.29 is 14.5 Å². The number of hydrogen-bond donors (Lipinski definition) is 0. The minimum absolute atomic E-state index is 0.134. The fourth-order valence-corrected chi connectivity index (χ4v) is 4.76. The topological polar surface area (TPSA) is 79.2 Å². The number of anilines is 1. The maximum atomic E-state index is 12.3. The van der Waals surface area contributed by atoms with E-state index in [1.54, 1.807) is 12.1 Å². The summed E-state index contributed by atoms with van der Waals surface area (Å²) in [5.74, 6) is 1.73. The van der Waals surface area contributed by atoms with E-state index in [4.69, 9.17) is 4.74 Å². The number of likely N-dealkylation sites (tertiary alicyclic amines) is 2. The van der Waals surface area contributed by atoms with E-state index in [0.29, 0.717) is 17.8 Å². The van der Waals surface area contributed by atoms with Gasteiger partial charge in [0, 0.05) is 69.6 Å². The van der Waals surface area contributed by atoms with E-state index in [1.807, 2.05) is 37.8 Å². The first kappa shape index (κ1) is 19.9. The molecule has 1 aromatic rings. The number of amides is 1. The molecule has 8 heteroatoms. The Morgan fingerprint density at radius 3 is 2.17 bits per heavy atom. The number of non-ortho nitro benzene ring substituents is 1. The van der Waals surface area contributed by atoms with Crippen LogP contribution in [0, 0.1) is 27.9 Å². The first-order valence-corrected chi connectivity index (χ1v) is 10.4. The number of nitro groups is 1. The first-order valence-electron chi connectivity index (χ1n) is 10.4. The number of benzene rings is 1. The molecule has 4 rings (SSSR count). The van der Waals surface area contributed by atoms with Crippen molar-refractivity contribution in [2.45, 2.75) is 26.4 Å². The van der Waals surface area contributed by atoms with Gasteiger partial charge in [-0.3, -0.25) is 10.1 Å². The van der Waals surface area contributed by atoms with Crippen molar-refractivity contribution in [3.63, 3.8) is 0 Å². The molecule has 0 radical (unpaired) electrons. The Hall–Kier alpha value is -2.35. The number of carbonyl (C=O) groups excluding carboxylic acids is 1. The van der Waals surface area contributed by atoms with E-state index in [-0.39, 0.29) is 16.7 Å². The normalized spacial score (nSPS) is 25.1. The van der Waals surface area contributed by atoms with Gasteiger partial charge in [0.15, 0.2) is 0 Å². The van der Waals surface area contributed by atoms with E-state index in [0.717, 1.165) is 51.5 Å². The average molecular weight is 402 g/mol. The molecule has 0 bridgehead atoms. The van der Waals surface area contributed by atoms with Crippen LogP contribution in [0.15, 0.2) is 24.3 Å². The van der Waals surface area contributed by atoms with Gasteiger partial charge in [-0.25, -0.2) is 4.79 Å². The third-order valence-corrected chi connectivity index (χ3v) is 6.11. The average Bonchev–Trinajstić information content (AvgIpc) is 3.15. The van der Waals surface area contributed by atoms with Crippen LogP contribution in [0.3, 0.4) is 0 Å². The monoisotopic (exact) mass is 402 g/mol. The second-order valence-corrected chi connectivity index (χ2v) is 9.67. The number of nitrogens with zero attached hydrogens (tertiary/aromatic N) is 4. The fraction of sp³-hybridized carbons (Fsp3) is 0.667. The maximum Gasteiger partial charge on any atom is 0.410 e. The summed E-state index contributed by atoms with van der Waals surface area (Å²) in [5.41, 5.74) is 0.744. The van der Waals surface area contributed by atoms with Crippen LogP contribution in [0.25, 0.3) is 0 Å².